The Kier molecular flexibility index (Phi) is 4.06. The number of hydrogen-bond donors (Lipinski definition) is 0. The van der Waals surface area contributed by atoms with E-state index in [0.29, 0.717) is 11.8 Å². The van der Waals surface area contributed by atoms with E-state index in [2.05, 4.69) is 111 Å². The van der Waals surface area contributed by atoms with Gasteiger partial charge in [0.05, 0.1) is 5.92 Å². The molecule has 1 nitrogen and oxygen atoms in total. The van der Waals surface area contributed by atoms with Crippen LogP contribution in [0.4, 0.5) is 0 Å². The van der Waals surface area contributed by atoms with Gasteiger partial charge in [0.25, 0.3) is 0 Å². The summed E-state index contributed by atoms with van der Waals surface area (Å²) < 4.78 is 1.32. The summed E-state index contributed by atoms with van der Waals surface area (Å²) in [5.74, 6) is 0.749. The van der Waals surface area contributed by atoms with E-state index in [9.17, 15) is 0 Å². The Morgan fingerprint density at radius 1 is 1.00 bits per heavy atom. The number of fused-ring (bicyclic) bond motifs is 3. The summed E-state index contributed by atoms with van der Waals surface area (Å²) in [5.41, 5.74) is 12.7. The molecule has 4 aliphatic rings. The molecule has 2 heteroatoms. The van der Waals surface area contributed by atoms with Crippen molar-refractivity contribution in [1.82, 2.24) is 4.90 Å². The van der Waals surface area contributed by atoms with Crippen LogP contribution in [-0.2, 0) is 0 Å². The van der Waals surface area contributed by atoms with Crippen LogP contribution in [-0.4, -0.2) is 11.9 Å². The highest BCUT2D eigenvalue weighted by Gasteiger charge is 2.43. The quantitative estimate of drug-likeness (QED) is 0.455. The summed E-state index contributed by atoms with van der Waals surface area (Å²) in [5, 5.41) is 0. The minimum Gasteiger partial charge on any atom is -0.351 e. The molecule has 3 aliphatic carbocycles. The fourth-order valence-electron chi connectivity index (χ4n) is 5.84. The standard InChI is InChI=1S/C27H28BrN/c1-15-13-21-20(14-23-24(26(21)28)16(2)17(3)29(23)6)25(15)27(4,5)22-12-11-18-9-7-8-10-19(18)22/h7-14,22,24H,1-6H3. The zero-order valence-electron chi connectivity index (χ0n) is 18.1. The van der Waals surface area contributed by atoms with E-state index >= 15 is 0 Å². The number of rotatable bonds is 2. The summed E-state index contributed by atoms with van der Waals surface area (Å²) >= 11 is 4.01. The lowest BCUT2D eigenvalue weighted by Gasteiger charge is -2.36. The van der Waals surface area contributed by atoms with Crippen molar-refractivity contribution in [2.24, 2.45) is 11.3 Å². The number of allylic oxidation sites excluding steroid dienone is 9. The Hall–Kier alpha value is -2.06. The largest absolute Gasteiger partial charge is 0.351 e. The molecule has 1 aromatic carbocycles. The first kappa shape index (κ1) is 18.9. The maximum atomic E-state index is 4.01. The van der Waals surface area contributed by atoms with E-state index in [-0.39, 0.29) is 5.41 Å². The molecule has 2 atom stereocenters. The van der Waals surface area contributed by atoms with E-state index in [0.717, 1.165) is 0 Å². The first-order valence-corrected chi connectivity index (χ1v) is 11.3. The van der Waals surface area contributed by atoms with Crippen molar-refractivity contribution < 1.29 is 0 Å². The molecule has 0 bridgehead atoms. The van der Waals surface area contributed by atoms with Gasteiger partial charge in [-0.15, -0.1) is 0 Å². The molecule has 148 valence electrons. The molecule has 5 rings (SSSR count). The topological polar surface area (TPSA) is 3.24 Å². The fourth-order valence-corrected chi connectivity index (χ4v) is 6.74. The minimum absolute atomic E-state index is 0.00659. The van der Waals surface area contributed by atoms with Gasteiger partial charge in [-0.25, -0.2) is 0 Å². The number of benzene rings is 1. The second-order valence-electron chi connectivity index (χ2n) is 9.39. The van der Waals surface area contributed by atoms with E-state index in [1.807, 2.05) is 0 Å². The van der Waals surface area contributed by atoms with Crippen LogP contribution in [0.25, 0.3) is 6.08 Å². The Labute approximate surface area is 183 Å². The van der Waals surface area contributed by atoms with E-state index in [4.69, 9.17) is 0 Å². The molecular formula is C27H28BrN. The van der Waals surface area contributed by atoms with Gasteiger partial charge < -0.3 is 4.90 Å². The molecule has 0 N–H and O–H groups in total. The van der Waals surface area contributed by atoms with Gasteiger partial charge in [0, 0.05) is 34.3 Å². The molecule has 0 radical (unpaired) electrons. The Bertz CT molecular complexity index is 1130. The summed E-state index contributed by atoms with van der Waals surface area (Å²) in [6.45, 7) is 11.6. The number of halogens is 1. The second-order valence-corrected chi connectivity index (χ2v) is 10.2. The van der Waals surface area contributed by atoms with Crippen molar-refractivity contribution in [3.05, 3.63) is 97.4 Å². The first-order valence-electron chi connectivity index (χ1n) is 10.5. The Morgan fingerprint density at radius 3 is 2.48 bits per heavy atom. The molecule has 0 fully saturated rings. The number of nitrogens with zero attached hydrogens (tertiary/aromatic N) is 1. The minimum atomic E-state index is 0.00659. The first-order chi connectivity index (χ1) is 13.7. The van der Waals surface area contributed by atoms with Gasteiger partial charge in [0.1, 0.15) is 0 Å². The van der Waals surface area contributed by atoms with Crippen LogP contribution in [0.5, 0.6) is 0 Å². The van der Waals surface area contributed by atoms with Crippen LogP contribution >= 0.6 is 15.9 Å². The number of hydrogen-bond acceptors (Lipinski definition) is 1. The van der Waals surface area contributed by atoms with Crippen LogP contribution in [0.2, 0.25) is 0 Å². The normalized spacial score (nSPS) is 25.6. The summed E-state index contributed by atoms with van der Waals surface area (Å²) in [4.78, 5) is 2.37. The Balaban J connectivity index is 1.68. The van der Waals surface area contributed by atoms with Crippen molar-refractivity contribution in [1.29, 1.82) is 0 Å². The van der Waals surface area contributed by atoms with Gasteiger partial charge in [-0.05, 0) is 65.8 Å². The van der Waals surface area contributed by atoms with Crippen LogP contribution in [0.15, 0.2) is 86.2 Å². The van der Waals surface area contributed by atoms with E-state index < -0.39 is 0 Å². The second kappa shape index (κ2) is 6.22. The molecule has 0 spiro atoms. The van der Waals surface area contributed by atoms with Crippen LogP contribution in [0, 0.1) is 11.3 Å². The van der Waals surface area contributed by atoms with Crippen LogP contribution in [0.3, 0.4) is 0 Å². The highest BCUT2D eigenvalue weighted by Crippen LogP contribution is 2.57. The van der Waals surface area contributed by atoms with Crippen LogP contribution in [0.1, 0.15) is 51.7 Å². The van der Waals surface area contributed by atoms with Crippen LogP contribution < -0.4 is 0 Å². The third-order valence-corrected chi connectivity index (χ3v) is 8.41. The smallest absolute Gasteiger partial charge is 0.0541 e. The molecule has 0 saturated carbocycles. The summed E-state index contributed by atoms with van der Waals surface area (Å²) in [7, 11) is 2.20. The van der Waals surface area contributed by atoms with Gasteiger partial charge in [0.2, 0.25) is 0 Å². The van der Waals surface area contributed by atoms with Crippen molar-refractivity contribution in [3.63, 3.8) is 0 Å². The van der Waals surface area contributed by atoms with Gasteiger partial charge in [0.15, 0.2) is 0 Å². The molecule has 2 unspecified atom stereocenters. The molecule has 1 heterocycles. The highest BCUT2D eigenvalue weighted by atomic mass is 79.9. The monoisotopic (exact) mass is 445 g/mol. The molecule has 29 heavy (non-hydrogen) atoms. The molecule has 1 aromatic rings. The van der Waals surface area contributed by atoms with Crippen molar-refractivity contribution in [3.8, 4) is 0 Å². The fraction of sp³-hybridized carbons (Fsp3) is 0.333. The Morgan fingerprint density at radius 2 is 1.72 bits per heavy atom. The van der Waals surface area contributed by atoms with Crippen molar-refractivity contribution in [2.45, 2.75) is 40.5 Å². The van der Waals surface area contributed by atoms with E-state index in [1.165, 1.54) is 54.9 Å². The lowest BCUT2D eigenvalue weighted by molar-refractivity contribution is 0.404. The molecular weight excluding hydrogens is 418 g/mol. The molecule has 1 aliphatic heterocycles. The lowest BCUT2D eigenvalue weighted by Crippen LogP contribution is -2.25. The van der Waals surface area contributed by atoms with Crippen molar-refractivity contribution in [2.75, 3.05) is 7.05 Å². The van der Waals surface area contributed by atoms with Gasteiger partial charge in [-0.1, -0.05) is 72.3 Å². The maximum absolute atomic E-state index is 4.01. The summed E-state index contributed by atoms with van der Waals surface area (Å²) in [6.07, 6.45) is 9.55. The average Bonchev–Trinajstić information content (AvgIpc) is 3.32. The molecule has 0 aromatic heterocycles. The zero-order valence-corrected chi connectivity index (χ0v) is 19.7. The molecule has 0 saturated heterocycles. The predicted molar refractivity (Wildman–Crippen MR) is 126 cm³/mol. The van der Waals surface area contributed by atoms with Gasteiger partial charge in [-0.3, -0.25) is 0 Å². The lowest BCUT2D eigenvalue weighted by atomic mass is 9.68. The van der Waals surface area contributed by atoms with E-state index in [1.54, 1.807) is 0 Å². The summed E-state index contributed by atoms with van der Waals surface area (Å²) in [6, 6.07) is 8.84. The third kappa shape index (κ3) is 2.45. The van der Waals surface area contributed by atoms with Gasteiger partial charge in [-0.2, -0.15) is 0 Å². The zero-order chi connectivity index (χ0) is 20.7. The molecule has 0 amide bonds. The third-order valence-electron chi connectivity index (χ3n) is 7.53. The SMILES string of the molecule is CC1=CC2=C(Br)C3C(=CC2=C1C(C)(C)C1C=Cc2ccccc21)N(C)C(C)=C3C. The van der Waals surface area contributed by atoms with Gasteiger partial charge >= 0.3 is 0 Å². The maximum Gasteiger partial charge on any atom is 0.0541 e. The van der Waals surface area contributed by atoms with Crippen molar-refractivity contribution >= 4 is 22.0 Å². The highest BCUT2D eigenvalue weighted by molar-refractivity contribution is 9.11. The average molecular weight is 446 g/mol. The predicted octanol–water partition coefficient (Wildman–Crippen LogP) is 7.48.